The van der Waals surface area contributed by atoms with Crippen LogP contribution in [0.25, 0.3) is 0 Å². The molecule has 0 radical (unpaired) electrons. The maximum Gasteiger partial charge on any atom is 0.326 e. The van der Waals surface area contributed by atoms with E-state index in [0.29, 0.717) is 5.02 Å². The van der Waals surface area contributed by atoms with Gasteiger partial charge in [-0.3, -0.25) is 4.79 Å². The van der Waals surface area contributed by atoms with Crippen molar-refractivity contribution in [3.63, 3.8) is 0 Å². The Morgan fingerprint density at radius 1 is 1.29 bits per heavy atom. The Balaban J connectivity index is 2.65. The highest BCUT2D eigenvalue weighted by atomic mass is 35.5. The first-order valence-corrected chi connectivity index (χ1v) is 6.59. The number of urea groups is 1. The highest BCUT2D eigenvalue weighted by Gasteiger charge is 2.20. The molecule has 0 unspecified atom stereocenters. The predicted octanol–water partition coefficient (Wildman–Crippen LogP) is 1.83. The number of hydrogen-bond acceptors (Lipinski definition) is 3. The molecular formula is C12H13Cl2N3O4. The maximum absolute atomic E-state index is 11.7. The van der Waals surface area contributed by atoms with Gasteiger partial charge in [-0.05, 0) is 24.6 Å². The molecule has 1 aromatic carbocycles. The molecule has 1 aromatic rings. The number of nitrogens with two attached hydrogens (primary N) is 1. The van der Waals surface area contributed by atoms with Gasteiger partial charge in [-0.2, -0.15) is 0 Å². The minimum absolute atomic E-state index is 0.105. The van der Waals surface area contributed by atoms with Crippen LogP contribution in [0.5, 0.6) is 0 Å². The molecule has 7 nitrogen and oxygen atoms in total. The Labute approximate surface area is 130 Å². The van der Waals surface area contributed by atoms with Crippen molar-refractivity contribution in [2.24, 2.45) is 5.73 Å². The summed E-state index contributed by atoms with van der Waals surface area (Å²) in [6.45, 7) is 0. The highest BCUT2D eigenvalue weighted by Crippen LogP contribution is 2.25. The number of amides is 3. The lowest BCUT2D eigenvalue weighted by Crippen LogP contribution is -2.43. The van der Waals surface area contributed by atoms with Crippen LogP contribution in [-0.2, 0) is 9.59 Å². The predicted molar refractivity (Wildman–Crippen MR) is 78.5 cm³/mol. The Kier molecular flexibility index (Phi) is 6.26. The van der Waals surface area contributed by atoms with E-state index in [1.54, 1.807) is 0 Å². The van der Waals surface area contributed by atoms with Gasteiger partial charge in [0, 0.05) is 11.4 Å². The van der Waals surface area contributed by atoms with E-state index in [-0.39, 0.29) is 23.6 Å². The minimum Gasteiger partial charge on any atom is -0.480 e. The van der Waals surface area contributed by atoms with E-state index in [1.807, 2.05) is 0 Å². The van der Waals surface area contributed by atoms with E-state index in [1.165, 1.54) is 18.2 Å². The van der Waals surface area contributed by atoms with Gasteiger partial charge in [0.2, 0.25) is 5.91 Å². The molecule has 114 valence electrons. The van der Waals surface area contributed by atoms with Gasteiger partial charge in [0.25, 0.3) is 0 Å². The van der Waals surface area contributed by atoms with Crippen molar-refractivity contribution in [2.75, 3.05) is 5.32 Å². The number of carboxylic acids is 1. The molecule has 0 aliphatic rings. The number of hydrogen-bond donors (Lipinski definition) is 4. The Morgan fingerprint density at radius 2 is 1.95 bits per heavy atom. The van der Waals surface area contributed by atoms with Crippen LogP contribution in [0.1, 0.15) is 12.8 Å². The molecule has 0 aliphatic carbocycles. The summed E-state index contributed by atoms with van der Waals surface area (Å²) >= 11 is 11.6. The normalized spacial score (nSPS) is 11.5. The fraction of sp³-hybridized carbons (Fsp3) is 0.250. The summed E-state index contributed by atoms with van der Waals surface area (Å²) in [5.74, 6) is -1.92. The lowest BCUT2D eigenvalue weighted by atomic mass is 10.1. The zero-order valence-electron chi connectivity index (χ0n) is 10.7. The number of nitrogens with one attached hydrogen (secondary N) is 2. The molecule has 5 N–H and O–H groups in total. The third-order valence-electron chi connectivity index (χ3n) is 2.46. The first-order valence-electron chi connectivity index (χ1n) is 5.83. The molecule has 0 aromatic heterocycles. The SMILES string of the molecule is NC(=O)CC[C@@H](NC(=O)Nc1ccc(Cl)cc1Cl)C(=O)O. The zero-order chi connectivity index (χ0) is 16.0. The Morgan fingerprint density at radius 3 is 2.48 bits per heavy atom. The van der Waals surface area contributed by atoms with Crippen LogP contribution in [0, 0.1) is 0 Å². The summed E-state index contributed by atoms with van der Waals surface area (Å²) in [4.78, 5) is 33.3. The number of carbonyl (C=O) groups excluding carboxylic acids is 2. The molecule has 3 amide bonds. The molecule has 0 spiro atoms. The molecule has 0 aliphatic heterocycles. The lowest BCUT2D eigenvalue weighted by molar-refractivity contribution is -0.139. The number of anilines is 1. The van der Waals surface area contributed by atoms with Crippen LogP contribution in [0.3, 0.4) is 0 Å². The van der Waals surface area contributed by atoms with Gasteiger partial charge in [-0.15, -0.1) is 0 Å². The standard InChI is InChI=1S/C12H13Cl2N3O4/c13-6-1-2-8(7(14)5-6)16-12(21)17-9(11(19)20)3-4-10(15)18/h1-2,5,9H,3-4H2,(H2,15,18)(H,19,20)(H2,16,17,21)/t9-/m1/s1. The van der Waals surface area contributed by atoms with Crippen LogP contribution in [-0.4, -0.2) is 29.1 Å². The van der Waals surface area contributed by atoms with Crippen molar-refractivity contribution >= 4 is 46.8 Å². The number of halogens is 2. The van der Waals surface area contributed by atoms with E-state index in [4.69, 9.17) is 34.0 Å². The lowest BCUT2D eigenvalue weighted by Gasteiger charge is -2.15. The number of rotatable bonds is 6. The molecule has 1 atom stereocenters. The molecule has 1 rings (SSSR count). The first-order chi connectivity index (χ1) is 9.79. The smallest absolute Gasteiger partial charge is 0.326 e. The number of carbonyl (C=O) groups is 3. The van der Waals surface area contributed by atoms with E-state index in [0.717, 1.165) is 0 Å². The maximum atomic E-state index is 11.7. The summed E-state index contributed by atoms with van der Waals surface area (Å²) in [6.07, 6.45) is -0.259. The number of primary amides is 1. The third-order valence-corrected chi connectivity index (χ3v) is 3.01. The molecule has 0 heterocycles. The second-order valence-electron chi connectivity index (χ2n) is 4.12. The second-order valence-corrected chi connectivity index (χ2v) is 4.96. The second kappa shape index (κ2) is 7.70. The van der Waals surface area contributed by atoms with E-state index in [2.05, 4.69) is 10.6 Å². The summed E-state index contributed by atoms with van der Waals surface area (Å²) in [7, 11) is 0. The summed E-state index contributed by atoms with van der Waals surface area (Å²) in [6, 6.07) is 2.43. The third kappa shape index (κ3) is 5.88. The fourth-order valence-electron chi connectivity index (χ4n) is 1.45. The monoisotopic (exact) mass is 333 g/mol. The summed E-state index contributed by atoms with van der Waals surface area (Å²) in [5, 5.41) is 14.2. The van der Waals surface area contributed by atoms with Gasteiger partial charge in [0.15, 0.2) is 0 Å². The largest absolute Gasteiger partial charge is 0.480 e. The van der Waals surface area contributed by atoms with Crippen molar-refractivity contribution < 1.29 is 19.5 Å². The molecule has 0 fully saturated rings. The fourth-order valence-corrected chi connectivity index (χ4v) is 1.91. The molecule has 9 heteroatoms. The van der Waals surface area contributed by atoms with Crippen molar-refractivity contribution in [1.82, 2.24) is 5.32 Å². The Hall–Kier alpha value is -1.99. The summed E-state index contributed by atoms with van der Waals surface area (Å²) < 4.78 is 0. The molecule has 21 heavy (non-hydrogen) atoms. The minimum atomic E-state index is -1.27. The average Bonchev–Trinajstić information content (AvgIpc) is 2.37. The van der Waals surface area contributed by atoms with Crippen LogP contribution >= 0.6 is 23.2 Å². The topological polar surface area (TPSA) is 122 Å². The van der Waals surface area contributed by atoms with Gasteiger partial charge < -0.3 is 21.5 Å². The van der Waals surface area contributed by atoms with Gasteiger partial charge in [-0.25, -0.2) is 9.59 Å². The number of carboxylic acid groups (broad SMARTS) is 1. The van der Waals surface area contributed by atoms with Gasteiger partial charge in [0.1, 0.15) is 6.04 Å². The molecule has 0 saturated carbocycles. The van der Waals surface area contributed by atoms with Crippen LogP contribution in [0.15, 0.2) is 18.2 Å². The van der Waals surface area contributed by atoms with Crippen LogP contribution in [0.2, 0.25) is 10.0 Å². The molecular weight excluding hydrogens is 321 g/mol. The van der Waals surface area contributed by atoms with E-state index in [9.17, 15) is 14.4 Å². The van der Waals surface area contributed by atoms with Crippen molar-refractivity contribution in [1.29, 1.82) is 0 Å². The van der Waals surface area contributed by atoms with Gasteiger partial charge in [0.05, 0.1) is 10.7 Å². The van der Waals surface area contributed by atoms with Crippen molar-refractivity contribution in [3.05, 3.63) is 28.2 Å². The molecule has 0 saturated heterocycles. The Bertz CT molecular complexity index is 565. The van der Waals surface area contributed by atoms with Gasteiger partial charge >= 0.3 is 12.0 Å². The average molecular weight is 334 g/mol. The first kappa shape index (κ1) is 17.1. The van der Waals surface area contributed by atoms with Gasteiger partial charge in [-0.1, -0.05) is 23.2 Å². The van der Waals surface area contributed by atoms with E-state index < -0.39 is 23.9 Å². The molecule has 0 bridgehead atoms. The quantitative estimate of drug-likeness (QED) is 0.634. The van der Waals surface area contributed by atoms with Crippen LogP contribution in [0.4, 0.5) is 10.5 Å². The zero-order valence-corrected chi connectivity index (χ0v) is 12.2. The number of benzene rings is 1. The van der Waals surface area contributed by atoms with Crippen molar-refractivity contribution in [3.8, 4) is 0 Å². The van der Waals surface area contributed by atoms with Crippen LogP contribution < -0.4 is 16.4 Å². The highest BCUT2D eigenvalue weighted by molar-refractivity contribution is 6.36. The number of aliphatic carboxylic acids is 1. The van der Waals surface area contributed by atoms with E-state index >= 15 is 0 Å². The summed E-state index contributed by atoms with van der Waals surface area (Å²) in [5.41, 5.74) is 5.21. The van der Waals surface area contributed by atoms with Crippen molar-refractivity contribution in [2.45, 2.75) is 18.9 Å².